The summed E-state index contributed by atoms with van der Waals surface area (Å²) in [6.07, 6.45) is 3.34. The van der Waals surface area contributed by atoms with Crippen LogP contribution in [0.15, 0.2) is 42.5 Å². The van der Waals surface area contributed by atoms with Crippen molar-refractivity contribution in [2.24, 2.45) is 5.41 Å². The molecule has 2 aromatic carbocycles. The van der Waals surface area contributed by atoms with Crippen molar-refractivity contribution in [3.63, 3.8) is 0 Å². The van der Waals surface area contributed by atoms with Crippen LogP contribution in [0, 0.1) is 16.7 Å². The van der Waals surface area contributed by atoms with Crippen LogP contribution in [0.1, 0.15) is 24.0 Å². The van der Waals surface area contributed by atoms with Gasteiger partial charge in [0.25, 0.3) is 0 Å². The number of nitrogens with one attached hydrogen (secondary N) is 2. The SMILES string of the molecule is N#Cc1ccc(C[C@]2(CN3CCN(C(=O)Nc4ccc(Cl)c(Cl)c4)CC3)CCCNC2)cc1. The monoisotopic (exact) mass is 485 g/mol. The van der Waals surface area contributed by atoms with Crippen molar-refractivity contribution in [1.29, 1.82) is 5.26 Å². The molecule has 33 heavy (non-hydrogen) atoms. The zero-order chi connectivity index (χ0) is 23.3. The van der Waals surface area contributed by atoms with Gasteiger partial charge in [-0.3, -0.25) is 4.90 Å². The first kappa shape index (κ1) is 23.8. The number of piperazine rings is 1. The van der Waals surface area contributed by atoms with Crippen molar-refractivity contribution >= 4 is 34.9 Å². The van der Waals surface area contributed by atoms with Crippen LogP contribution in [0.3, 0.4) is 0 Å². The first-order valence-electron chi connectivity index (χ1n) is 11.4. The second-order valence-corrected chi connectivity index (χ2v) is 9.90. The standard InChI is InChI=1S/C25H29Cl2N5O/c26-22-7-6-21(14-23(22)27)30-24(33)32-12-10-31(11-13-32)18-25(8-1-9-29-17-25)15-19-2-4-20(16-28)5-3-19/h2-7,14,29H,1,8-13,15,17-18H2,(H,30,33)/t25-/m1/s1. The number of hydrogen-bond acceptors (Lipinski definition) is 4. The summed E-state index contributed by atoms with van der Waals surface area (Å²) in [6.45, 7) is 6.14. The third kappa shape index (κ3) is 6.18. The molecule has 2 heterocycles. The number of amides is 2. The van der Waals surface area contributed by atoms with Crippen LogP contribution in [0.25, 0.3) is 0 Å². The Bertz CT molecular complexity index is 1010. The zero-order valence-corrected chi connectivity index (χ0v) is 20.1. The molecule has 0 aliphatic carbocycles. The van der Waals surface area contributed by atoms with Crippen molar-refractivity contribution < 1.29 is 4.79 Å². The average Bonchev–Trinajstić information content (AvgIpc) is 2.83. The van der Waals surface area contributed by atoms with E-state index in [2.05, 4.69) is 33.7 Å². The molecule has 0 aromatic heterocycles. The van der Waals surface area contributed by atoms with Crippen LogP contribution in [0.2, 0.25) is 10.0 Å². The first-order chi connectivity index (χ1) is 16.0. The fraction of sp³-hybridized carbons (Fsp3) is 0.440. The lowest BCUT2D eigenvalue weighted by Gasteiger charge is -2.44. The van der Waals surface area contributed by atoms with Gasteiger partial charge >= 0.3 is 6.03 Å². The number of urea groups is 1. The molecule has 2 aliphatic rings. The van der Waals surface area contributed by atoms with Crippen molar-refractivity contribution in [2.75, 3.05) is 51.1 Å². The molecule has 0 saturated carbocycles. The average molecular weight is 486 g/mol. The third-order valence-corrected chi connectivity index (χ3v) is 7.35. The third-order valence-electron chi connectivity index (χ3n) is 6.61. The number of nitriles is 1. The lowest BCUT2D eigenvalue weighted by Crippen LogP contribution is -2.55. The molecule has 0 bridgehead atoms. The summed E-state index contributed by atoms with van der Waals surface area (Å²) in [5, 5.41) is 16.5. The van der Waals surface area contributed by atoms with E-state index in [1.54, 1.807) is 18.2 Å². The van der Waals surface area contributed by atoms with Crippen molar-refractivity contribution in [3.8, 4) is 6.07 Å². The van der Waals surface area contributed by atoms with Gasteiger partial charge in [-0.25, -0.2) is 4.79 Å². The van der Waals surface area contributed by atoms with Crippen LogP contribution in [-0.4, -0.2) is 61.6 Å². The predicted octanol–water partition coefficient (Wildman–Crippen LogP) is 4.63. The molecule has 2 saturated heterocycles. The molecule has 0 unspecified atom stereocenters. The number of rotatable bonds is 5. The van der Waals surface area contributed by atoms with E-state index in [4.69, 9.17) is 28.5 Å². The molecule has 6 nitrogen and oxygen atoms in total. The van der Waals surface area contributed by atoms with Gasteiger partial charge in [0.05, 0.1) is 21.7 Å². The fourth-order valence-electron chi connectivity index (χ4n) is 4.86. The van der Waals surface area contributed by atoms with E-state index in [0.29, 0.717) is 34.4 Å². The summed E-state index contributed by atoms with van der Waals surface area (Å²) in [5.41, 5.74) is 2.78. The number of nitrogens with zero attached hydrogens (tertiary/aromatic N) is 3. The highest BCUT2D eigenvalue weighted by Crippen LogP contribution is 2.32. The van der Waals surface area contributed by atoms with Crippen LogP contribution < -0.4 is 10.6 Å². The van der Waals surface area contributed by atoms with E-state index < -0.39 is 0 Å². The summed E-state index contributed by atoms with van der Waals surface area (Å²) in [6, 6.07) is 15.2. The molecule has 2 aliphatic heterocycles. The Morgan fingerprint density at radius 3 is 2.48 bits per heavy atom. The maximum absolute atomic E-state index is 12.7. The molecule has 1 atom stereocenters. The number of piperidine rings is 1. The van der Waals surface area contributed by atoms with Crippen LogP contribution in [-0.2, 0) is 6.42 Å². The molecule has 2 N–H and O–H groups in total. The van der Waals surface area contributed by atoms with Crippen LogP contribution in [0.5, 0.6) is 0 Å². The smallest absolute Gasteiger partial charge is 0.321 e. The fourth-order valence-corrected chi connectivity index (χ4v) is 5.16. The maximum atomic E-state index is 12.7. The van der Waals surface area contributed by atoms with Gasteiger partial charge in [-0.15, -0.1) is 0 Å². The largest absolute Gasteiger partial charge is 0.322 e. The number of halogens is 2. The van der Waals surface area contributed by atoms with Crippen molar-refractivity contribution in [1.82, 2.24) is 15.1 Å². The quantitative estimate of drug-likeness (QED) is 0.647. The summed E-state index contributed by atoms with van der Waals surface area (Å²) >= 11 is 12.0. The van der Waals surface area contributed by atoms with Gasteiger partial charge in [0, 0.05) is 45.0 Å². The second kappa shape index (κ2) is 10.8. The number of hydrogen-bond donors (Lipinski definition) is 2. The normalized spacial score (nSPS) is 21.4. The summed E-state index contributed by atoms with van der Waals surface area (Å²) in [5.74, 6) is 0. The predicted molar refractivity (Wildman–Crippen MR) is 133 cm³/mol. The summed E-state index contributed by atoms with van der Waals surface area (Å²) in [7, 11) is 0. The minimum atomic E-state index is -0.111. The van der Waals surface area contributed by atoms with E-state index in [1.807, 2.05) is 17.0 Å². The second-order valence-electron chi connectivity index (χ2n) is 9.09. The van der Waals surface area contributed by atoms with Gasteiger partial charge in [0.2, 0.25) is 0 Å². The molecule has 2 aromatic rings. The Labute approximate surface area is 205 Å². The highest BCUT2D eigenvalue weighted by Gasteiger charge is 2.35. The zero-order valence-electron chi connectivity index (χ0n) is 18.6. The minimum absolute atomic E-state index is 0.111. The maximum Gasteiger partial charge on any atom is 0.321 e. The van der Waals surface area contributed by atoms with E-state index in [0.717, 1.165) is 39.1 Å². The molecule has 2 fully saturated rings. The first-order valence-corrected chi connectivity index (χ1v) is 12.2. The molecule has 0 spiro atoms. The van der Waals surface area contributed by atoms with Crippen LogP contribution >= 0.6 is 23.2 Å². The van der Waals surface area contributed by atoms with Gasteiger partial charge in [-0.1, -0.05) is 35.3 Å². The Hall–Kier alpha value is -2.30. The molecule has 0 radical (unpaired) electrons. The van der Waals surface area contributed by atoms with E-state index in [-0.39, 0.29) is 11.4 Å². The van der Waals surface area contributed by atoms with Gasteiger partial charge < -0.3 is 15.5 Å². The highest BCUT2D eigenvalue weighted by atomic mass is 35.5. The van der Waals surface area contributed by atoms with Crippen LogP contribution in [0.4, 0.5) is 10.5 Å². The molecule has 8 heteroatoms. The van der Waals surface area contributed by atoms with E-state index >= 15 is 0 Å². The van der Waals surface area contributed by atoms with E-state index in [1.165, 1.54) is 18.4 Å². The van der Waals surface area contributed by atoms with Gasteiger partial charge in [-0.2, -0.15) is 5.26 Å². The Morgan fingerprint density at radius 1 is 1.09 bits per heavy atom. The van der Waals surface area contributed by atoms with Gasteiger partial charge in [-0.05, 0) is 67.1 Å². The summed E-state index contributed by atoms with van der Waals surface area (Å²) in [4.78, 5) is 17.0. The Kier molecular flexibility index (Phi) is 7.77. The molecular formula is C25H29Cl2N5O. The summed E-state index contributed by atoms with van der Waals surface area (Å²) < 4.78 is 0. The topological polar surface area (TPSA) is 71.4 Å². The Balaban J connectivity index is 1.34. The molecule has 4 rings (SSSR count). The number of carbonyl (C=O) groups excluding carboxylic acids is 1. The number of benzene rings is 2. The lowest BCUT2D eigenvalue weighted by atomic mass is 9.75. The van der Waals surface area contributed by atoms with Crippen molar-refractivity contribution in [3.05, 3.63) is 63.6 Å². The Morgan fingerprint density at radius 2 is 1.85 bits per heavy atom. The lowest BCUT2D eigenvalue weighted by molar-refractivity contribution is 0.0808. The molecule has 174 valence electrons. The molecule has 2 amide bonds. The van der Waals surface area contributed by atoms with Gasteiger partial charge in [0.1, 0.15) is 0 Å². The van der Waals surface area contributed by atoms with E-state index in [9.17, 15) is 4.79 Å². The molecular weight excluding hydrogens is 457 g/mol. The number of anilines is 1. The minimum Gasteiger partial charge on any atom is -0.322 e. The number of carbonyl (C=O) groups is 1. The van der Waals surface area contributed by atoms with Crippen molar-refractivity contribution in [2.45, 2.75) is 19.3 Å². The van der Waals surface area contributed by atoms with Gasteiger partial charge in [0.15, 0.2) is 0 Å². The highest BCUT2D eigenvalue weighted by molar-refractivity contribution is 6.42.